The Labute approximate surface area is 169 Å². The topological polar surface area (TPSA) is 114 Å². The molecule has 0 bridgehead atoms. The second-order valence-corrected chi connectivity index (χ2v) is 8.73. The fraction of sp³-hybridized carbons (Fsp3) is 0.300. The highest BCUT2D eigenvalue weighted by Gasteiger charge is 2.27. The van der Waals surface area contributed by atoms with Crippen LogP contribution in [0.5, 0.6) is 5.75 Å². The Balaban J connectivity index is 1.44. The predicted octanol–water partition coefficient (Wildman–Crippen LogP) is 1.42. The van der Waals surface area contributed by atoms with Crippen LogP contribution in [0.2, 0.25) is 0 Å². The van der Waals surface area contributed by atoms with Crippen LogP contribution in [0.25, 0.3) is 0 Å². The van der Waals surface area contributed by atoms with Crippen molar-refractivity contribution >= 4 is 21.8 Å². The lowest BCUT2D eigenvalue weighted by atomic mass is 10.1. The summed E-state index contributed by atoms with van der Waals surface area (Å²) >= 11 is 0. The molecule has 0 radical (unpaired) electrons. The van der Waals surface area contributed by atoms with E-state index in [1.165, 1.54) is 0 Å². The van der Waals surface area contributed by atoms with E-state index in [2.05, 4.69) is 9.82 Å². The van der Waals surface area contributed by atoms with E-state index in [0.717, 1.165) is 12.8 Å². The summed E-state index contributed by atoms with van der Waals surface area (Å²) in [7, 11) is -3.59. The van der Waals surface area contributed by atoms with Crippen LogP contribution in [0.15, 0.2) is 52.9 Å². The molecule has 0 spiro atoms. The van der Waals surface area contributed by atoms with E-state index in [1.54, 1.807) is 35.3 Å². The summed E-state index contributed by atoms with van der Waals surface area (Å²) in [6, 6.07) is 14.3. The number of carbonyl (C=O) groups excluding carboxylic acids is 1. The minimum atomic E-state index is -3.59. The maximum Gasteiger partial charge on any atom is 0.267 e. The number of fused-ring (bicyclic) bond motifs is 1. The van der Waals surface area contributed by atoms with Gasteiger partial charge in [0.1, 0.15) is 18.2 Å². The molecule has 0 aromatic heterocycles. The number of carbonyl (C=O) groups is 1. The van der Waals surface area contributed by atoms with Gasteiger partial charge in [-0.15, -0.1) is 4.40 Å². The largest absolute Gasteiger partial charge is 0.491 e. The first-order valence-corrected chi connectivity index (χ1v) is 11.0. The van der Waals surface area contributed by atoms with Crippen LogP contribution in [0.4, 0.5) is 0 Å². The van der Waals surface area contributed by atoms with Crippen molar-refractivity contribution in [2.45, 2.75) is 24.6 Å². The molecular weight excluding hydrogens is 392 g/mol. The van der Waals surface area contributed by atoms with Crippen molar-refractivity contribution < 1.29 is 17.9 Å². The number of nitrogens with two attached hydrogens (primary N) is 1. The van der Waals surface area contributed by atoms with E-state index in [1.807, 2.05) is 18.2 Å². The third-order valence-electron chi connectivity index (χ3n) is 4.92. The van der Waals surface area contributed by atoms with Crippen molar-refractivity contribution in [3.05, 3.63) is 65.2 Å². The van der Waals surface area contributed by atoms with Gasteiger partial charge in [0, 0.05) is 12.1 Å². The molecule has 2 aromatic carbocycles. The summed E-state index contributed by atoms with van der Waals surface area (Å²) in [4.78, 5) is 12.6. The zero-order chi connectivity index (χ0) is 20.4. The number of amides is 1. The van der Waals surface area contributed by atoms with Gasteiger partial charge in [0.05, 0.1) is 17.4 Å². The van der Waals surface area contributed by atoms with Gasteiger partial charge in [-0.1, -0.05) is 30.3 Å². The lowest BCUT2D eigenvalue weighted by molar-refractivity contribution is 0.0482. The van der Waals surface area contributed by atoms with E-state index < -0.39 is 10.0 Å². The molecular formula is C20H22N4O4S. The SMILES string of the molecule is NC1=NS(=O)(=O)Cc2cccc(OC[C@H]3CCCN(C(=O)c4ccccc4)N3)c21. The van der Waals surface area contributed by atoms with Gasteiger partial charge in [-0.3, -0.25) is 9.80 Å². The molecule has 1 amide bonds. The summed E-state index contributed by atoms with van der Waals surface area (Å²) in [5.74, 6) is 0.168. The molecule has 29 heavy (non-hydrogen) atoms. The van der Waals surface area contributed by atoms with Crippen LogP contribution in [0, 0.1) is 0 Å². The average Bonchev–Trinajstić information content (AvgIpc) is 2.71. The number of hydrazine groups is 1. The van der Waals surface area contributed by atoms with Gasteiger partial charge >= 0.3 is 0 Å². The fourth-order valence-electron chi connectivity index (χ4n) is 3.59. The average molecular weight is 414 g/mol. The Morgan fingerprint density at radius 2 is 2.00 bits per heavy atom. The van der Waals surface area contributed by atoms with Crippen LogP contribution in [-0.2, 0) is 15.8 Å². The van der Waals surface area contributed by atoms with Crippen LogP contribution in [0.1, 0.15) is 34.3 Å². The molecule has 2 aliphatic heterocycles. The summed E-state index contributed by atoms with van der Waals surface area (Å²) < 4.78 is 33.2. The highest BCUT2D eigenvalue weighted by atomic mass is 32.2. The molecule has 0 saturated carbocycles. The Bertz CT molecular complexity index is 1050. The van der Waals surface area contributed by atoms with Crippen molar-refractivity contribution in [3.8, 4) is 5.75 Å². The first-order chi connectivity index (χ1) is 13.9. The number of nitrogens with zero attached hydrogens (tertiary/aromatic N) is 2. The van der Waals surface area contributed by atoms with Gasteiger partial charge in [-0.05, 0) is 36.6 Å². The maximum absolute atomic E-state index is 12.6. The molecule has 1 fully saturated rings. The fourth-order valence-corrected chi connectivity index (χ4v) is 4.67. The Morgan fingerprint density at radius 1 is 1.21 bits per heavy atom. The molecule has 1 saturated heterocycles. The first-order valence-electron chi connectivity index (χ1n) is 9.39. The molecule has 2 aromatic rings. The zero-order valence-corrected chi connectivity index (χ0v) is 16.6. The molecule has 2 heterocycles. The van der Waals surface area contributed by atoms with E-state index in [4.69, 9.17) is 10.5 Å². The normalized spacial score (nSPS) is 20.5. The van der Waals surface area contributed by atoms with Crippen LogP contribution in [0.3, 0.4) is 0 Å². The summed E-state index contributed by atoms with van der Waals surface area (Å²) in [5.41, 5.74) is 10.8. The Morgan fingerprint density at radius 3 is 2.79 bits per heavy atom. The van der Waals surface area contributed by atoms with Gasteiger partial charge < -0.3 is 10.5 Å². The second-order valence-electron chi connectivity index (χ2n) is 7.10. The number of benzene rings is 2. The molecule has 4 rings (SSSR count). The third kappa shape index (κ3) is 4.25. The maximum atomic E-state index is 12.6. The molecule has 152 valence electrons. The zero-order valence-electron chi connectivity index (χ0n) is 15.7. The van der Waals surface area contributed by atoms with Crippen molar-refractivity contribution in [3.63, 3.8) is 0 Å². The lowest BCUT2D eigenvalue weighted by Crippen LogP contribution is -2.54. The summed E-state index contributed by atoms with van der Waals surface area (Å²) in [6.45, 7) is 0.942. The highest BCUT2D eigenvalue weighted by molar-refractivity contribution is 7.89. The summed E-state index contributed by atoms with van der Waals surface area (Å²) in [5, 5.41) is 1.62. The monoisotopic (exact) mass is 414 g/mol. The number of amidine groups is 1. The van der Waals surface area contributed by atoms with E-state index >= 15 is 0 Å². The van der Waals surface area contributed by atoms with Crippen LogP contribution in [-0.4, -0.2) is 44.4 Å². The van der Waals surface area contributed by atoms with Crippen molar-refractivity contribution in [2.24, 2.45) is 10.1 Å². The number of rotatable bonds is 4. The van der Waals surface area contributed by atoms with Gasteiger partial charge in [0.15, 0.2) is 0 Å². The van der Waals surface area contributed by atoms with Gasteiger partial charge in [-0.25, -0.2) is 13.8 Å². The van der Waals surface area contributed by atoms with Crippen molar-refractivity contribution in [2.75, 3.05) is 13.2 Å². The molecule has 2 aliphatic rings. The van der Waals surface area contributed by atoms with E-state index in [9.17, 15) is 13.2 Å². The van der Waals surface area contributed by atoms with Gasteiger partial charge in [0.25, 0.3) is 15.9 Å². The Kier molecular flexibility index (Phi) is 5.25. The lowest BCUT2D eigenvalue weighted by Gasteiger charge is -2.34. The molecule has 3 N–H and O–H groups in total. The van der Waals surface area contributed by atoms with Crippen LogP contribution < -0.4 is 15.9 Å². The molecule has 9 heteroatoms. The number of hydrogen-bond acceptors (Lipinski definition) is 6. The molecule has 8 nitrogen and oxygen atoms in total. The Hall–Kier alpha value is -2.91. The number of hydrogen-bond donors (Lipinski definition) is 2. The number of sulfonamides is 1. The third-order valence-corrected chi connectivity index (χ3v) is 6.07. The number of nitrogens with one attached hydrogen (secondary N) is 1. The second kappa shape index (κ2) is 7.84. The van der Waals surface area contributed by atoms with Gasteiger partial charge in [-0.2, -0.15) is 0 Å². The van der Waals surface area contributed by atoms with E-state index in [0.29, 0.717) is 35.6 Å². The standard InChI is InChI=1S/C20H22N4O4S/c21-19-18-15(13-29(26,27)23-19)8-4-10-17(18)28-12-16-9-5-11-24(22-16)20(25)14-6-2-1-3-7-14/h1-4,6-8,10,16,22H,5,9,11-13H2,(H2,21,23)/t16-/m1/s1. The van der Waals surface area contributed by atoms with E-state index in [-0.39, 0.29) is 23.5 Å². The highest BCUT2D eigenvalue weighted by Crippen LogP contribution is 2.28. The molecule has 0 unspecified atom stereocenters. The minimum absolute atomic E-state index is 0.0562. The molecule has 0 aliphatic carbocycles. The first kappa shape index (κ1) is 19.4. The van der Waals surface area contributed by atoms with Crippen molar-refractivity contribution in [1.82, 2.24) is 10.4 Å². The quantitative estimate of drug-likeness (QED) is 0.782. The van der Waals surface area contributed by atoms with Crippen molar-refractivity contribution in [1.29, 1.82) is 0 Å². The predicted molar refractivity (Wildman–Crippen MR) is 109 cm³/mol. The minimum Gasteiger partial charge on any atom is -0.491 e. The number of ether oxygens (including phenoxy) is 1. The van der Waals surface area contributed by atoms with Crippen LogP contribution >= 0.6 is 0 Å². The summed E-state index contributed by atoms with van der Waals surface area (Å²) in [6.07, 6.45) is 1.71. The smallest absolute Gasteiger partial charge is 0.267 e. The molecule has 1 atom stereocenters. The van der Waals surface area contributed by atoms with Gasteiger partial charge in [0.2, 0.25) is 0 Å².